The van der Waals surface area contributed by atoms with E-state index >= 15 is 0 Å². The van der Waals surface area contributed by atoms with Crippen LogP contribution in [0.25, 0.3) is 16.9 Å². The molecule has 0 aliphatic carbocycles. The summed E-state index contributed by atoms with van der Waals surface area (Å²) < 4.78 is 18.2. The zero-order chi connectivity index (χ0) is 17.2. The average molecular weight is 339 g/mol. The maximum atomic E-state index is 9.67. The van der Waals surface area contributed by atoms with Crippen molar-refractivity contribution in [3.05, 3.63) is 48.2 Å². The number of ether oxygens (including phenoxy) is 3. The number of aliphatic hydroxyl groups is 1. The summed E-state index contributed by atoms with van der Waals surface area (Å²) in [5.74, 6) is 2.10. The zero-order valence-corrected chi connectivity index (χ0v) is 13.7. The third kappa shape index (κ3) is 2.78. The Morgan fingerprint density at radius 2 is 1.96 bits per heavy atom. The molecule has 1 N–H and O–H groups in total. The van der Waals surface area contributed by atoms with Crippen molar-refractivity contribution >= 4 is 0 Å². The number of aliphatic hydroxyl groups excluding tert-OH is 1. The largest absolute Gasteiger partial charge is 0.497 e. The van der Waals surface area contributed by atoms with Gasteiger partial charge >= 0.3 is 0 Å². The Labute approximate surface area is 144 Å². The monoisotopic (exact) mass is 339 g/mol. The van der Waals surface area contributed by atoms with Crippen LogP contribution in [0.1, 0.15) is 5.69 Å². The van der Waals surface area contributed by atoms with Gasteiger partial charge in [-0.1, -0.05) is 17.3 Å². The summed E-state index contributed by atoms with van der Waals surface area (Å²) >= 11 is 0. The molecule has 0 saturated heterocycles. The molecule has 2 heterocycles. The molecule has 1 aromatic heterocycles. The first-order valence-corrected chi connectivity index (χ1v) is 7.90. The lowest BCUT2D eigenvalue weighted by molar-refractivity contribution is 0.171. The molecule has 0 spiro atoms. The summed E-state index contributed by atoms with van der Waals surface area (Å²) in [7, 11) is 1.61. The van der Waals surface area contributed by atoms with E-state index in [2.05, 4.69) is 10.3 Å². The van der Waals surface area contributed by atoms with Crippen molar-refractivity contribution in [2.45, 2.75) is 6.61 Å². The van der Waals surface area contributed by atoms with Crippen LogP contribution in [0.4, 0.5) is 0 Å². The quantitative estimate of drug-likeness (QED) is 0.785. The van der Waals surface area contributed by atoms with Gasteiger partial charge in [0.1, 0.15) is 30.4 Å². The Kier molecular flexibility index (Phi) is 3.99. The fourth-order valence-electron chi connectivity index (χ4n) is 2.82. The van der Waals surface area contributed by atoms with Crippen LogP contribution < -0.4 is 14.2 Å². The number of nitrogens with zero attached hydrogens (tertiary/aromatic N) is 3. The summed E-state index contributed by atoms with van der Waals surface area (Å²) in [6.07, 6.45) is 0. The molecule has 2 aromatic carbocycles. The molecular weight excluding hydrogens is 322 g/mol. The van der Waals surface area contributed by atoms with Crippen LogP contribution in [-0.2, 0) is 6.61 Å². The van der Waals surface area contributed by atoms with Crippen molar-refractivity contribution in [3.63, 3.8) is 0 Å². The molecule has 0 saturated carbocycles. The molecular formula is C18H17N3O4. The molecule has 0 bridgehead atoms. The molecule has 1 aliphatic heterocycles. The highest BCUT2D eigenvalue weighted by atomic mass is 16.6. The van der Waals surface area contributed by atoms with E-state index in [9.17, 15) is 5.11 Å². The predicted molar refractivity (Wildman–Crippen MR) is 90.3 cm³/mol. The highest BCUT2D eigenvalue weighted by molar-refractivity contribution is 5.66. The second-order valence-corrected chi connectivity index (χ2v) is 5.51. The maximum Gasteiger partial charge on any atom is 0.163 e. The van der Waals surface area contributed by atoms with Gasteiger partial charge in [-0.2, -0.15) is 0 Å². The van der Waals surface area contributed by atoms with Crippen LogP contribution in [0.3, 0.4) is 0 Å². The number of methoxy groups -OCH3 is 1. The Bertz CT molecular complexity index is 907. The summed E-state index contributed by atoms with van der Waals surface area (Å²) in [6, 6.07) is 13.1. The Morgan fingerprint density at radius 1 is 1.12 bits per heavy atom. The lowest BCUT2D eigenvalue weighted by Gasteiger charge is -2.19. The van der Waals surface area contributed by atoms with Gasteiger partial charge in [-0.15, -0.1) is 5.10 Å². The van der Waals surface area contributed by atoms with Crippen molar-refractivity contribution in [1.82, 2.24) is 15.0 Å². The molecule has 25 heavy (non-hydrogen) atoms. The van der Waals surface area contributed by atoms with Crippen LogP contribution >= 0.6 is 0 Å². The first-order chi connectivity index (χ1) is 12.3. The lowest BCUT2D eigenvalue weighted by atomic mass is 10.1. The zero-order valence-electron chi connectivity index (χ0n) is 13.7. The van der Waals surface area contributed by atoms with Gasteiger partial charge in [0.2, 0.25) is 0 Å². The first kappa shape index (κ1) is 15.5. The Morgan fingerprint density at radius 3 is 2.76 bits per heavy atom. The number of aromatic nitrogens is 3. The lowest BCUT2D eigenvalue weighted by Crippen LogP contribution is -2.15. The molecule has 0 amide bonds. The highest BCUT2D eigenvalue weighted by Gasteiger charge is 2.19. The molecule has 0 fully saturated rings. The van der Waals surface area contributed by atoms with E-state index < -0.39 is 0 Å². The minimum absolute atomic E-state index is 0.211. The van der Waals surface area contributed by atoms with Gasteiger partial charge in [0.25, 0.3) is 0 Å². The highest BCUT2D eigenvalue weighted by Crippen LogP contribution is 2.34. The number of benzene rings is 2. The molecule has 7 nitrogen and oxygen atoms in total. The van der Waals surface area contributed by atoms with Crippen LogP contribution in [-0.4, -0.2) is 40.4 Å². The smallest absolute Gasteiger partial charge is 0.163 e. The summed E-state index contributed by atoms with van der Waals surface area (Å²) in [6.45, 7) is 0.842. The van der Waals surface area contributed by atoms with Crippen molar-refractivity contribution in [1.29, 1.82) is 0 Å². The molecule has 7 heteroatoms. The fourth-order valence-corrected chi connectivity index (χ4v) is 2.82. The fraction of sp³-hybridized carbons (Fsp3) is 0.222. The Balaban J connectivity index is 1.84. The molecule has 0 radical (unpaired) electrons. The van der Waals surface area contributed by atoms with Crippen molar-refractivity contribution in [3.8, 4) is 34.2 Å². The second-order valence-electron chi connectivity index (χ2n) is 5.51. The summed E-state index contributed by atoms with van der Waals surface area (Å²) in [5.41, 5.74) is 2.82. The first-order valence-electron chi connectivity index (χ1n) is 7.90. The number of hydrogen-bond donors (Lipinski definition) is 1. The SMILES string of the molecule is COc1cccc(-c2c(CO)nnn2-c2ccc3c(c2)OCCO3)c1. The molecule has 1 aliphatic rings. The second kappa shape index (κ2) is 6.45. The van der Waals surface area contributed by atoms with E-state index in [0.717, 1.165) is 17.0 Å². The minimum Gasteiger partial charge on any atom is -0.497 e. The molecule has 4 rings (SSSR count). The molecule has 3 aromatic rings. The van der Waals surface area contributed by atoms with Crippen LogP contribution in [0.2, 0.25) is 0 Å². The van der Waals surface area contributed by atoms with Gasteiger partial charge in [0.15, 0.2) is 11.5 Å². The van der Waals surface area contributed by atoms with Gasteiger partial charge in [-0.3, -0.25) is 0 Å². The minimum atomic E-state index is -0.211. The number of hydrogen-bond acceptors (Lipinski definition) is 6. The van der Waals surface area contributed by atoms with Crippen molar-refractivity contribution in [2.24, 2.45) is 0 Å². The van der Waals surface area contributed by atoms with Gasteiger partial charge in [0.05, 0.1) is 19.4 Å². The van der Waals surface area contributed by atoms with Crippen molar-refractivity contribution in [2.75, 3.05) is 20.3 Å². The molecule has 0 atom stereocenters. The van der Waals surface area contributed by atoms with E-state index in [1.807, 2.05) is 42.5 Å². The van der Waals surface area contributed by atoms with Gasteiger partial charge < -0.3 is 19.3 Å². The van der Waals surface area contributed by atoms with Crippen LogP contribution in [0, 0.1) is 0 Å². The van der Waals surface area contributed by atoms with Gasteiger partial charge in [-0.25, -0.2) is 4.68 Å². The average Bonchev–Trinajstić information content (AvgIpc) is 3.11. The predicted octanol–water partition coefficient (Wildman–Crippen LogP) is 2.21. The van der Waals surface area contributed by atoms with Crippen molar-refractivity contribution < 1.29 is 19.3 Å². The van der Waals surface area contributed by atoms with E-state index in [1.165, 1.54) is 0 Å². The summed E-state index contributed by atoms with van der Waals surface area (Å²) in [5, 5.41) is 18.0. The number of fused-ring (bicyclic) bond motifs is 1. The third-order valence-corrected chi connectivity index (χ3v) is 4.00. The standard InChI is InChI=1S/C18H17N3O4/c1-23-14-4-2-3-12(9-14)18-15(11-22)19-20-21(18)13-5-6-16-17(10-13)25-8-7-24-16/h2-6,9-10,22H,7-8,11H2,1H3. The van der Waals surface area contributed by atoms with E-state index in [-0.39, 0.29) is 6.61 Å². The van der Waals surface area contributed by atoms with Gasteiger partial charge in [-0.05, 0) is 24.3 Å². The topological polar surface area (TPSA) is 78.6 Å². The van der Waals surface area contributed by atoms with E-state index in [4.69, 9.17) is 14.2 Å². The van der Waals surface area contributed by atoms with E-state index in [0.29, 0.717) is 36.1 Å². The maximum absolute atomic E-state index is 9.67. The number of rotatable bonds is 4. The van der Waals surface area contributed by atoms with E-state index in [1.54, 1.807) is 11.8 Å². The molecule has 128 valence electrons. The third-order valence-electron chi connectivity index (χ3n) is 4.00. The molecule has 0 unspecified atom stereocenters. The normalized spacial score (nSPS) is 12.9. The van der Waals surface area contributed by atoms with Crippen LogP contribution in [0.15, 0.2) is 42.5 Å². The van der Waals surface area contributed by atoms with Gasteiger partial charge in [0, 0.05) is 11.6 Å². The summed E-state index contributed by atoms with van der Waals surface area (Å²) in [4.78, 5) is 0. The Hall–Kier alpha value is -3.06. The van der Waals surface area contributed by atoms with Crippen LogP contribution in [0.5, 0.6) is 17.2 Å².